The Bertz CT molecular complexity index is 432. The molecule has 3 unspecified atom stereocenters. The molecule has 1 aromatic rings. The third-order valence-electron chi connectivity index (χ3n) is 3.81. The lowest BCUT2D eigenvalue weighted by Gasteiger charge is -2.27. The first-order valence-electron chi connectivity index (χ1n) is 6.87. The Morgan fingerprint density at radius 3 is 2.68 bits per heavy atom. The summed E-state index contributed by atoms with van der Waals surface area (Å²) < 4.78 is 0. The predicted molar refractivity (Wildman–Crippen MR) is 77.9 cm³/mol. The van der Waals surface area contributed by atoms with E-state index in [4.69, 9.17) is 17.3 Å². The van der Waals surface area contributed by atoms with Gasteiger partial charge in [0.25, 0.3) is 0 Å². The van der Waals surface area contributed by atoms with E-state index in [1.807, 2.05) is 31.2 Å². The van der Waals surface area contributed by atoms with Crippen LogP contribution >= 0.6 is 11.6 Å². The SMILES string of the molecule is CC(NC(=O)C1CCCC(N)C1)c1ccc(Cl)cc1. The predicted octanol–water partition coefficient (Wildman–Crippen LogP) is 3.03. The van der Waals surface area contributed by atoms with E-state index in [2.05, 4.69) is 5.32 Å². The minimum absolute atomic E-state index is 0.00270. The maximum atomic E-state index is 12.2. The lowest BCUT2D eigenvalue weighted by atomic mass is 9.85. The molecule has 0 heterocycles. The molecule has 0 radical (unpaired) electrons. The molecule has 1 fully saturated rings. The number of nitrogens with one attached hydrogen (secondary N) is 1. The van der Waals surface area contributed by atoms with Crippen molar-refractivity contribution in [3.05, 3.63) is 34.9 Å². The molecule has 1 aliphatic carbocycles. The highest BCUT2D eigenvalue weighted by Gasteiger charge is 2.26. The Hall–Kier alpha value is -1.06. The number of carbonyl (C=O) groups excluding carboxylic acids is 1. The van der Waals surface area contributed by atoms with Crippen LogP contribution in [0, 0.1) is 5.92 Å². The van der Waals surface area contributed by atoms with Crippen molar-refractivity contribution in [1.29, 1.82) is 0 Å². The second kappa shape index (κ2) is 6.40. The summed E-state index contributed by atoms with van der Waals surface area (Å²) in [7, 11) is 0. The first-order chi connectivity index (χ1) is 9.06. The zero-order chi connectivity index (χ0) is 13.8. The molecule has 1 aromatic carbocycles. The molecular weight excluding hydrogens is 260 g/mol. The molecule has 1 amide bonds. The zero-order valence-corrected chi connectivity index (χ0v) is 12.0. The fraction of sp³-hybridized carbons (Fsp3) is 0.533. The van der Waals surface area contributed by atoms with E-state index >= 15 is 0 Å². The fourth-order valence-electron chi connectivity index (χ4n) is 2.63. The van der Waals surface area contributed by atoms with Gasteiger partial charge in [-0.15, -0.1) is 0 Å². The van der Waals surface area contributed by atoms with E-state index in [1.54, 1.807) is 0 Å². The standard InChI is InChI=1S/C15H21ClN2O/c1-10(11-5-7-13(16)8-6-11)18-15(19)12-3-2-4-14(17)9-12/h5-8,10,12,14H,2-4,9,17H2,1H3,(H,18,19). The average Bonchev–Trinajstić information content (AvgIpc) is 2.39. The number of carbonyl (C=O) groups is 1. The van der Waals surface area contributed by atoms with Gasteiger partial charge in [0, 0.05) is 17.0 Å². The second-order valence-corrected chi connectivity index (χ2v) is 5.84. The molecule has 3 N–H and O–H groups in total. The van der Waals surface area contributed by atoms with Crippen molar-refractivity contribution in [2.45, 2.75) is 44.7 Å². The van der Waals surface area contributed by atoms with Crippen molar-refractivity contribution >= 4 is 17.5 Å². The number of nitrogens with two attached hydrogens (primary N) is 1. The number of halogens is 1. The van der Waals surface area contributed by atoms with Gasteiger partial charge in [-0.3, -0.25) is 4.79 Å². The molecule has 1 aliphatic rings. The molecule has 3 atom stereocenters. The topological polar surface area (TPSA) is 55.1 Å². The van der Waals surface area contributed by atoms with Crippen LogP contribution < -0.4 is 11.1 Å². The van der Waals surface area contributed by atoms with Gasteiger partial charge in [0.15, 0.2) is 0 Å². The molecule has 0 aliphatic heterocycles. The van der Waals surface area contributed by atoms with Gasteiger partial charge in [0.2, 0.25) is 5.91 Å². The number of rotatable bonds is 3. The van der Waals surface area contributed by atoms with Gasteiger partial charge < -0.3 is 11.1 Å². The Morgan fingerprint density at radius 2 is 2.05 bits per heavy atom. The highest BCUT2D eigenvalue weighted by atomic mass is 35.5. The minimum Gasteiger partial charge on any atom is -0.349 e. The third kappa shape index (κ3) is 3.95. The van der Waals surface area contributed by atoms with E-state index in [-0.39, 0.29) is 23.9 Å². The summed E-state index contributed by atoms with van der Waals surface area (Å²) in [5.41, 5.74) is 6.99. The van der Waals surface area contributed by atoms with Crippen molar-refractivity contribution in [3.8, 4) is 0 Å². The maximum Gasteiger partial charge on any atom is 0.223 e. The van der Waals surface area contributed by atoms with Gasteiger partial charge >= 0.3 is 0 Å². The first kappa shape index (κ1) is 14.4. The molecule has 0 aromatic heterocycles. The quantitative estimate of drug-likeness (QED) is 0.894. The Kier molecular flexibility index (Phi) is 4.83. The average molecular weight is 281 g/mol. The van der Waals surface area contributed by atoms with E-state index in [0.29, 0.717) is 5.02 Å². The lowest BCUT2D eigenvalue weighted by Crippen LogP contribution is -2.38. The van der Waals surface area contributed by atoms with Crippen LogP contribution in [0.2, 0.25) is 5.02 Å². The maximum absolute atomic E-state index is 12.2. The van der Waals surface area contributed by atoms with Gasteiger partial charge in [0.1, 0.15) is 0 Å². The monoisotopic (exact) mass is 280 g/mol. The van der Waals surface area contributed by atoms with Crippen molar-refractivity contribution < 1.29 is 4.79 Å². The largest absolute Gasteiger partial charge is 0.349 e. The van der Waals surface area contributed by atoms with Crippen LogP contribution in [0.4, 0.5) is 0 Å². The van der Waals surface area contributed by atoms with Crippen molar-refractivity contribution in [1.82, 2.24) is 5.32 Å². The lowest BCUT2D eigenvalue weighted by molar-refractivity contribution is -0.126. The van der Waals surface area contributed by atoms with Crippen LogP contribution in [-0.4, -0.2) is 11.9 Å². The van der Waals surface area contributed by atoms with Crippen molar-refractivity contribution in [2.24, 2.45) is 11.7 Å². The van der Waals surface area contributed by atoms with Crippen LogP contribution in [0.5, 0.6) is 0 Å². The summed E-state index contributed by atoms with van der Waals surface area (Å²) in [5, 5.41) is 3.78. The number of hydrogen-bond acceptors (Lipinski definition) is 2. The van der Waals surface area contributed by atoms with Crippen molar-refractivity contribution in [3.63, 3.8) is 0 Å². The van der Waals surface area contributed by atoms with E-state index < -0.39 is 0 Å². The number of benzene rings is 1. The summed E-state index contributed by atoms with van der Waals surface area (Å²) in [6.07, 6.45) is 3.84. The van der Waals surface area contributed by atoms with E-state index in [9.17, 15) is 4.79 Å². The van der Waals surface area contributed by atoms with Crippen molar-refractivity contribution in [2.75, 3.05) is 0 Å². The van der Waals surface area contributed by atoms with Gasteiger partial charge in [-0.2, -0.15) is 0 Å². The smallest absolute Gasteiger partial charge is 0.223 e. The third-order valence-corrected chi connectivity index (χ3v) is 4.07. The normalized spacial score (nSPS) is 24.8. The van der Waals surface area contributed by atoms with Gasteiger partial charge in [-0.25, -0.2) is 0 Å². The molecule has 2 rings (SSSR count). The molecular formula is C15H21ClN2O. The highest BCUT2D eigenvalue weighted by Crippen LogP contribution is 2.24. The van der Waals surface area contributed by atoms with Crippen LogP contribution in [0.3, 0.4) is 0 Å². The summed E-state index contributed by atoms with van der Waals surface area (Å²) in [6.45, 7) is 1.99. The Labute approximate surface area is 119 Å². The summed E-state index contributed by atoms with van der Waals surface area (Å²) in [6, 6.07) is 7.75. The second-order valence-electron chi connectivity index (χ2n) is 5.41. The molecule has 104 valence electrons. The van der Waals surface area contributed by atoms with Gasteiger partial charge in [0.05, 0.1) is 6.04 Å². The van der Waals surface area contributed by atoms with E-state index in [1.165, 1.54) is 0 Å². The highest BCUT2D eigenvalue weighted by molar-refractivity contribution is 6.30. The molecule has 19 heavy (non-hydrogen) atoms. The molecule has 4 heteroatoms. The van der Waals surface area contributed by atoms with Gasteiger partial charge in [-0.05, 0) is 43.9 Å². The van der Waals surface area contributed by atoms with E-state index in [0.717, 1.165) is 31.2 Å². The molecule has 3 nitrogen and oxygen atoms in total. The molecule has 0 saturated heterocycles. The summed E-state index contributed by atoms with van der Waals surface area (Å²) in [5.74, 6) is 0.191. The summed E-state index contributed by atoms with van der Waals surface area (Å²) >= 11 is 5.86. The summed E-state index contributed by atoms with van der Waals surface area (Å²) in [4.78, 5) is 12.2. The van der Waals surface area contributed by atoms with Crippen LogP contribution in [0.1, 0.15) is 44.2 Å². The Morgan fingerprint density at radius 1 is 1.37 bits per heavy atom. The fourth-order valence-corrected chi connectivity index (χ4v) is 2.76. The minimum atomic E-state index is 0.00270. The van der Waals surface area contributed by atoms with Gasteiger partial charge in [-0.1, -0.05) is 30.2 Å². The molecule has 1 saturated carbocycles. The molecule has 0 spiro atoms. The first-order valence-corrected chi connectivity index (χ1v) is 7.25. The van der Waals surface area contributed by atoms with Crippen LogP contribution in [-0.2, 0) is 4.79 Å². The Balaban J connectivity index is 1.92. The number of hydrogen-bond donors (Lipinski definition) is 2. The zero-order valence-electron chi connectivity index (χ0n) is 11.2. The molecule has 0 bridgehead atoms. The van der Waals surface area contributed by atoms with Crippen LogP contribution in [0.15, 0.2) is 24.3 Å². The van der Waals surface area contributed by atoms with Crippen LogP contribution in [0.25, 0.3) is 0 Å². The number of amides is 1.